The predicted molar refractivity (Wildman–Crippen MR) is 230 cm³/mol. The molecule has 6 aromatic rings. The third kappa shape index (κ3) is 9.27. The first-order valence-corrected chi connectivity index (χ1v) is 21.6. The van der Waals surface area contributed by atoms with Gasteiger partial charge in [-0.1, -0.05) is 24.3 Å². The van der Waals surface area contributed by atoms with Gasteiger partial charge in [-0.2, -0.15) is 0 Å². The van der Waals surface area contributed by atoms with Crippen molar-refractivity contribution < 1.29 is 48.7 Å². The first kappa shape index (κ1) is 43.5. The number of cyclic esters (lactones) is 2. The Morgan fingerprint density at radius 3 is 1.20 bits per heavy atom. The van der Waals surface area contributed by atoms with Gasteiger partial charge in [0.15, 0.2) is 0 Å². The molecule has 64 heavy (non-hydrogen) atoms. The Labute approximate surface area is 368 Å². The zero-order valence-corrected chi connectivity index (χ0v) is 35.8. The van der Waals surface area contributed by atoms with Crippen LogP contribution in [0.4, 0.5) is 0 Å². The van der Waals surface area contributed by atoms with E-state index >= 15 is 0 Å². The normalized spacial score (nSPS) is 19.2. The fraction of sp³-hybridized carbons (Fsp3) is 0.435. The SMILES string of the molecule is Cc1c([C@@H](O)CN2CCN(C[C@@H](O)c3ccc4nonc4c3)CC2)ccc2c1COC2=O.Cc1c([C@@H](O)CN2CCN(C[C@H](O)c3ccc4nonc4c3)CC2)ccc2c1COC2=O. The van der Waals surface area contributed by atoms with E-state index in [2.05, 4.69) is 40.2 Å². The van der Waals surface area contributed by atoms with E-state index in [1.165, 1.54) is 0 Å². The standard InChI is InChI=1S/2C23H26N4O5/c2*1-14-16(3-4-17-18(14)13-31-23(17)30)22(29)12-27-8-6-26(7-9-27)11-21(28)15-2-5-19-20(10-15)25-32-24-19/h2*2-5,10,21-22,28-29H,6-9,11-13H2,1H3/t21-,22+;21-,22-/m10/s1. The molecule has 0 amide bonds. The van der Waals surface area contributed by atoms with E-state index in [1.807, 2.05) is 38.1 Å². The van der Waals surface area contributed by atoms with Crippen molar-refractivity contribution in [2.24, 2.45) is 0 Å². The summed E-state index contributed by atoms with van der Waals surface area (Å²) < 4.78 is 19.7. The van der Waals surface area contributed by atoms with Crippen molar-refractivity contribution >= 4 is 34.0 Å². The molecule has 0 bridgehead atoms. The van der Waals surface area contributed by atoms with Crippen molar-refractivity contribution in [3.05, 3.63) is 116 Å². The van der Waals surface area contributed by atoms with Crippen molar-refractivity contribution in [1.82, 2.24) is 40.2 Å². The number of piperazine rings is 2. The van der Waals surface area contributed by atoms with Crippen molar-refractivity contribution in [3.63, 3.8) is 0 Å². The summed E-state index contributed by atoms with van der Waals surface area (Å²) in [5.41, 5.74) is 10.7. The summed E-state index contributed by atoms with van der Waals surface area (Å²) in [5, 5.41) is 58.2. The summed E-state index contributed by atoms with van der Waals surface area (Å²) >= 11 is 0. The highest BCUT2D eigenvalue weighted by atomic mass is 16.6. The van der Waals surface area contributed by atoms with Crippen LogP contribution in [0.2, 0.25) is 0 Å². The lowest BCUT2D eigenvalue weighted by Crippen LogP contribution is -2.48. The summed E-state index contributed by atoms with van der Waals surface area (Å²) in [5.74, 6) is -0.583. The van der Waals surface area contributed by atoms with Gasteiger partial charge in [-0.25, -0.2) is 18.8 Å². The van der Waals surface area contributed by atoms with Crippen molar-refractivity contribution in [1.29, 1.82) is 0 Å². The van der Waals surface area contributed by atoms with Gasteiger partial charge in [0.05, 0.1) is 35.5 Å². The van der Waals surface area contributed by atoms with Gasteiger partial charge in [-0.05, 0) is 104 Å². The van der Waals surface area contributed by atoms with Crippen molar-refractivity contribution in [2.45, 2.75) is 51.5 Å². The average molecular weight is 877 g/mol. The van der Waals surface area contributed by atoms with E-state index in [0.29, 0.717) is 59.4 Å². The average Bonchev–Trinajstić information content (AvgIpc) is 4.13. The summed E-state index contributed by atoms with van der Waals surface area (Å²) in [4.78, 5) is 32.4. The van der Waals surface area contributed by atoms with Crippen LogP contribution in [0, 0.1) is 13.8 Å². The lowest BCUT2D eigenvalue weighted by atomic mass is 9.95. The number of nitrogens with zero attached hydrogens (tertiary/aromatic N) is 8. The molecule has 2 saturated heterocycles. The van der Waals surface area contributed by atoms with Crippen LogP contribution in [0.15, 0.2) is 69.9 Å². The van der Waals surface area contributed by atoms with Gasteiger partial charge in [0.2, 0.25) is 0 Å². The Hall–Kier alpha value is -5.70. The Morgan fingerprint density at radius 1 is 0.484 bits per heavy atom. The molecular weight excluding hydrogens is 825 g/mol. The Balaban J connectivity index is 0.000000162. The first-order chi connectivity index (χ1) is 31.0. The Bertz CT molecular complexity index is 2460. The number of ether oxygens (including phenoxy) is 2. The number of hydrogen-bond acceptors (Lipinski definition) is 18. The summed E-state index contributed by atoms with van der Waals surface area (Å²) in [7, 11) is 0. The topological polar surface area (TPSA) is 224 Å². The van der Waals surface area contributed by atoms with Crippen LogP contribution in [0.1, 0.15) is 89.6 Å². The number of rotatable bonds is 12. The molecule has 18 heteroatoms. The van der Waals surface area contributed by atoms with Gasteiger partial charge in [0, 0.05) is 89.7 Å². The fourth-order valence-electron chi connectivity index (χ4n) is 9.16. The minimum Gasteiger partial charge on any atom is -0.457 e. The molecule has 2 fully saturated rings. The molecule has 6 heterocycles. The fourth-order valence-corrected chi connectivity index (χ4v) is 9.16. The largest absolute Gasteiger partial charge is 0.457 e. The zero-order chi connectivity index (χ0) is 44.5. The van der Waals surface area contributed by atoms with Crippen LogP contribution in [0.25, 0.3) is 22.1 Å². The maximum Gasteiger partial charge on any atom is 0.338 e. The number of hydrogen-bond donors (Lipinski definition) is 4. The van der Waals surface area contributed by atoms with E-state index in [0.717, 1.165) is 96.9 Å². The number of esters is 2. The third-order valence-electron chi connectivity index (χ3n) is 13.1. The number of carbonyl (C=O) groups is 2. The highest BCUT2D eigenvalue weighted by Gasteiger charge is 2.30. The van der Waals surface area contributed by atoms with Crippen LogP contribution in [0.3, 0.4) is 0 Å². The molecule has 336 valence electrons. The number of benzene rings is 4. The van der Waals surface area contributed by atoms with Gasteiger partial charge in [0.25, 0.3) is 0 Å². The molecule has 4 aliphatic heterocycles. The Morgan fingerprint density at radius 2 is 0.828 bits per heavy atom. The van der Waals surface area contributed by atoms with Crippen LogP contribution < -0.4 is 0 Å². The molecule has 4 N–H and O–H groups in total. The second-order valence-corrected chi connectivity index (χ2v) is 17.1. The molecule has 0 unspecified atom stereocenters. The molecular formula is C46H52N8O10. The van der Waals surface area contributed by atoms with Gasteiger partial charge in [-0.3, -0.25) is 19.6 Å². The monoisotopic (exact) mass is 876 g/mol. The van der Waals surface area contributed by atoms with Crippen molar-refractivity contribution in [2.75, 3.05) is 78.5 Å². The summed E-state index contributed by atoms with van der Waals surface area (Å²) in [6, 6.07) is 18.1. The van der Waals surface area contributed by atoms with E-state index in [-0.39, 0.29) is 25.2 Å². The first-order valence-electron chi connectivity index (χ1n) is 21.6. The lowest BCUT2D eigenvalue weighted by Gasteiger charge is -2.36. The van der Waals surface area contributed by atoms with Gasteiger partial charge < -0.3 is 29.9 Å². The molecule has 0 spiro atoms. The van der Waals surface area contributed by atoms with Gasteiger partial charge in [0.1, 0.15) is 35.3 Å². The van der Waals surface area contributed by atoms with Gasteiger partial charge >= 0.3 is 11.9 Å². The molecule has 4 aromatic carbocycles. The number of fused-ring (bicyclic) bond motifs is 4. The lowest BCUT2D eigenvalue weighted by molar-refractivity contribution is 0.0481. The number of carbonyl (C=O) groups excluding carboxylic acids is 2. The molecule has 10 rings (SSSR count). The minimum atomic E-state index is -0.629. The number of aliphatic hydroxyl groups is 4. The number of aliphatic hydroxyl groups excluding tert-OH is 4. The summed E-state index contributed by atoms with van der Waals surface area (Å²) in [6.45, 7) is 13.0. The van der Waals surface area contributed by atoms with E-state index < -0.39 is 24.4 Å². The molecule has 0 saturated carbocycles. The van der Waals surface area contributed by atoms with Crippen LogP contribution >= 0.6 is 0 Å². The molecule has 18 nitrogen and oxygen atoms in total. The number of β-amino-alcohol motifs (C(OH)–C–C–N with tert-alkyl or cyclic N) is 4. The molecule has 0 aliphatic carbocycles. The Kier molecular flexibility index (Phi) is 12.8. The highest BCUT2D eigenvalue weighted by molar-refractivity contribution is 5.94. The quantitative estimate of drug-likeness (QED) is 0.130. The minimum absolute atomic E-state index is 0.279. The van der Waals surface area contributed by atoms with E-state index in [1.54, 1.807) is 36.4 Å². The predicted octanol–water partition coefficient (Wildman–Crippen LogP) is 3.17. The van der Waals surface area contributed by atoms with Gasteiger partial charge in [-0.15, -0.1) is 0 Å². The second kappa shape index (κ2) is 18.8. The third-order valence-corrected chi connectivity index (χ3v) is 13.1. The maximum absolute atomic E-state index is 11.7. The molecule has 4 atom stereocenters. The van der Waals surface area contributed by atoms with Crippen LogP contribution in [-0.4, -0.2) is 151 Å². The molecule has 0 radical (unpaired) electrons. The second-order valence-electron chi connectivity index (χ2n) is 17.1. The maximum atomic E-state index is 11.7. The highest BCUT2D eigenvalue weighted by Crippen LogP contribution is 2.31. The summed E-state index contributed by atoms with van der Waals surface area (Å²) in [6.07, 6.45) is -2.49. The smallest absolute Gasteiger partial charge is 0.338 e. The number of aromatic nitrogens is 4. The molecule has 4 aliphatic rings. The van der Waals surface area contributed by atoms with Crippen LogP contribution in [-0.2, 0) is 22.7 Å². The van der Waals surface area contributed by atoms with Crippen molar-refractivity contribution in [3.8, 4) is 0 Å². The molecule has 2 aromatic heterocycles. The van der Waals surface area contributed by atoms with E-state index in [9.17, 15) is 30.0 Å². The van der Waals surface area contributed by atoms with E-state index in [4.69, 9.17) is 18.7 Å². The zero-order valence-electron chi connectivity index (χ0n) is 35.8. The van der Waals surface area contributed by atoms with Crippen LogP contribution in [0.5, 0.6) is 0 Å².